The third kappa shape index (κ3) is 21.6. The summed E-state index contributed by atoms with van der Waals surface area (Å²) in [6.07, 6.45) is 25.0. The van der Waals surface area contributed by atoms with Gasteiger partial charge >= 0.3 is 5.97 Å². The predicted molar refractivity (Wildman–Crippen MR) is 103 cm³/mol. The zero-order valence-electron chi connectivity index (χ0n) is 15.4. The minimum atomic E-state index is -0.747. The maximum atomic E-state index is 10.3. The minimum absolute atomic E-state index is 0.188. The van der Waals surface area contributed by atoms with Crippen LogP contribution in [-0.4, -0.2) is 22.8 Å². The Morgan fingerprint density at radius 2 is 1.31 bits per heavy atom. The van der Waals surface area contributed by atoms with Crippen LogP contribution in [-0.2, 0) is 9.63 Å². The van der Waals surface area contributed by atoms with E-state index in [4.69, 9.17) is 5.11 Å². The van der Waals surface area contributed by atoms with Gasteiger partial charge < -0.3 is 9.94 Å². The summed E-state index contributed by atoms with van der Waals surface area (Å²) < 4.78 is 0. The number of unbranched alkanes of at least 4 members (excludes halogenated alkanes) is 4. The zero-order chi connectivity index (χ0) is 19.3. The van der Waals surface area contributed by atoms with Gasteiger partial charge in [-0.1, -0.05) is 55.0 Å². The van der Waals surface area contributed by atoms with E-state index in [1.54, 1.807) is 0 Å². The summed E-state index contributed by atoms with van der Waals surface area (Å²) in [7, 11) is 0. The molecule has 6 heteroatoms. The van der Waals surface area contributed by atoms with Crippen LogP contribution >= 0.6 is 0 Å². The number of nitrogens with zero attached hydrogens (tertiary/aromatic N) is 1. The monoisotopic (exact) mass is 365 g/mol. The molecule has 0 heterocycles. The molecule has 6 nitrogen and oxygen atoms in total. The smallest absolute Gasteiger partial charge is 0.303 e. The minimum Gasteiger partial charge on any atom is -0.481 e. The molecule has 0 aromatic carbocycles. The van der Waals surface area contributed by atoms with Gasteiger partial charge in [-0.05, 0) is 51.4 Å². The van der Waals surface area contributed by atoms with Gasteiger partial charge in [-0.15, -0.1) is 10.1 Å². The van der Waals surface area contributed by atoms with Crippen LogP contribution in [0.2, 0.25) is 0 Å². The lowest BCUT2D eigenvalue weighted by atomic mass is 10.2. The number of hydrogen-bond donors (Lipinski definition) is 1. The average Bonchev–Trinajstić information content (AvgIpc) is 2.59. The predicted octanol–water partition coefficient (Wildman–Crippen LogP) is 5.41. The van der Waals surface area contributed by atoms with E-state index in [2.05, 4.69) is 47.4 Å². The molecule has 0 aromatic rings. The Labute approximate surface area is 156 Å². The number of rotatable bonds is 17. The first-order chi connectivity index (χ1) is 12.6. The van der Waals surface area contributed by atoms with Gasteiger partial charge in [0.1, 0.15) is 0 Å². The van der Waals surface area contributed by atoms with Gasteiger partial charge in [-0.3, -0.25) is 4.79 Å². The third-order valence-electron chi connectivity index (χ3n) is 3.46. The lowest BCUT2D eigenvalue weighted by Gasteiger charge is -1.97. The zero-order valence-corrected chi connectivity index (χ0v) is 15.4. The molecular weight excluding hydrogens is 334 g/mol. The lowest BCUT2D eigenvalue weighted by molar-refractivity contribution is -0.757. The summed E-state index contributed by atoms with van der Waals surface area (Å²) in [5.74, 6) is -0.736. The molecule has 26 heavy (non-hydrogen) atoms. The molecule has 0 rings (SSSR count). The van der Waals surface area contributed by atoms with Crippen LogP contribution in [0.3, 0.4) is 0 Å². The second kappa shape index (κ2) is 19.0. The van der Waals surface area contributed by atoms with Crippen molar-refractivity contribution in [2.24, 2.45) is 0 Å². The summed E-state index contributed by atoms with van der Waals surface area (Å²) in [6.45, 7) is 0.188. The fourth-order valence-corrected chi connectivity index (χ4v) is 2.10. The van der Waals surface area contributed by atoms with Gasteiger partial charge in [0.25, 0.3) is 5.09 Å². The van der Waals surface area contributed by atoms with Crippen molar-refractivity contribution in [3.63, 3.8) is 0 Å². The number of carboxylic acid groups (broad SMARTS) is 1. The number of carbonyl (C=O) groups is 1. The average molecular weight is 365 g/mol. The van der Waals surface area contributed by atoms with E-state index < -0.39 is 11.1 Å². The molecule has 0 radical (unpaired) electrons. The van der Waals surface area contributed by atoms with Crippen molar-refractivity contribution in [3.8, 4) is 0 Å². The van der Waals surface area contributed by atoms with Crippen LogP contribution in [0.4, 0.5) is 0 Å². The number of allylic oxidation sites excluding steroid dienone is 8. The molecule has 0 spiro atoms. The van der Waals surface area contributed by atoms with Gasteiger partial charge in [-0.25, -0.2) is 0 Å². The van der Waals surface area contributed by atoms with Crippen molar-refractivity contribution in [2.75, 3.05) is 6.61 Å². The molecule has 0 aliphatic carbocycles. The molecule has 0 bridgehead atoms. The molecule has 0 aliphatic rings. The Morgan fingerprint density at radius 3 is 1.81 bits per heavy atom. The van der Waals surface area contributed by atoms with E-state index in [9.17, 15) is 14.9 Å². The molecule has 0 unspecified atom stereocenters. The van der Waals surface area contributed by atoms with Crippen molar-refractivity contribution in [1.82, 2.24) is 0 Å². The molecule has 0 atom stereocenters. The largest absolute Gasteiger partial charge is 0.481 e. The van der Waals surface area contributed by atoms with Crippen molar-refractivity contribution in [1.29, 1.82) is 0 Å². The molecule has 0 fully saturated rings. The van der Waals surface area contributed by atoms with E-state index in [0.717, 1.165) is 51.4 Å². The third-order valence-corrected chi connectivity index (χ3v) is 3.46. The highest BCUT2D eigenvalue weighted by atomic mass is 16.9. The van der Waals surface area contributed by atoms with E-state index >= 15 is 0 Å². The first-order valence-electron chi connectivity index (χ1n) is 9.22. The Bertz CT molecular complexity index is 481. The summed E-state index contributed by atoms with van der Waals surface area (Å²) >= 11 is 0. The van der Waals surface area contributed by atoms with Gasteiger partial charge in [0.15, 0.2) is 0 Å². The molecule has 0 aliphatic heterocycles. The second-order valence-electron chi connectivity index (χ2n) is 5.78. The lowest BCUT2D eigenvalue weighted by Crippen LogP contribution is -2.01. The summed E-state index contributed by atoms with van der Waals surface area (Å²) in [5.41, 5.74) is 0. The number of hydrogen-bond acceptors (Lipinski definition) is 4. The Kier molecular flexibility index (Phi) is 17.2. The van der Waals surface area contributed by atoms with Crippen molar-refractivity contribution < 1.29 is 19.8 Å². The first-order valence-corrected chi connectivity index (χ1v) is 9.22. The van der Waals surface area contributed by atoms with Crippen molar-refractivity contribution in [3.05, 3.63) is 58.7 Å². The normalized spacial score (nSPS) is 12.0. The van der Waals surface area contributed by atoms with E-state index in [0.29, 0.717) is 6.42 Å². The van der Waals surface area contributed by atoms with Gasteiger partial charge in [0.05, 0.1) is 6.61 Å². The molecule has 0 saturated carbocycles. The SMILES string of the molecule is O=C(O)CCC/C=C\C/C=C\C/C=C\C/C=C\CCCCCO[N+](=O)[O-]. The van der Waals surface area contributed by atoms with Crippen LogP contribution in [0.15, 0.2) is 48.6 Å². The highest BCUT2D eigenvalue weighted by Gasteiger charge is 1.93. The molecule has 146 valence electrons. The number of aliphatic carboxylic acids is 1. The Balaban J connectivity index is 3.40. The fourth-order valence-electron chi connectivity index (χ4n) is 2.10. The van der Waals surface area contributed by atoms with E-state index in [1.165, 1.54) is 0 Å². The van der Waals surface area contributed by atoms with Crippen LogP contribution in [0.5, 0.6) is 0 Å². The van der Waals surface area contributed by atoms with Gasteiger partial charge in [0, 0.05) is 6.42 Å². The van der Waals surface area contributed by atoms with Crippen molar-refractivity contribution >= 4 is 5.97 Å². The van der Waals surface area contributed by atoms with Crippen LogP contribution in [0.25, 0.3) is 0 Å². The summed E-state index contributed by atoms with van der Waals surface area (Å²) in [5, 5.41) is 17.7. The Morgan fingerprint density at radius 1 is 0.808 bits per heavy atom. The maximum absolute atomic E-state index is 10.3. The van der Waals surface area contributed by atoms with E-state index in [-0.39, 0.29) is 13.0 Å². The van der Waals surface area contributed by atoms with Crippen LogP contribution < -0.4 is 0 Å². The van der Waals surface area contributed by atoms with Crippen LogP contribution in [0, 0.1) is 10.1 Å². The van der Waals surface area contributed by atoms with Crippen LogP contribution in [0.1, 0.15) is 64.2 Å². The molecule has 0 aromatic heterocycles. The fraction of sp³-hybridized carbons (Fsp3) is 0.550. The molecule has 0 amide bonds. The second-order valence-corrected chi connectivity index (χ2v) is 5.78. The highest BCUT2D eigenvalue weighted by Crippen LogP contribution is 2.02. The summed E-state index contributed by atoms with van der Waals surface area (Å²) in [6, 6.07) is 0. The topological polar surface area (TPSA) is 89.7 Å². The number of carboxylic acids is 1. The maximum Gasteiger partial charge on any atom is 0.303 e. The molecule has 0 saturated heterocycles. The van der Waals surface area contributed by atoms with E-state index in [1.807, 2.05) is 6.08 Å². The van der Waals surface area contributed by atoms with Crippen molar-refractivity contribution in [2.45, 2.75) is 64.2 Å². The molecular formula is C20H31NO5. The van der Waals surface area contributed by atoms with Gasteiger partial charge in [0.2, 0.25) is 0 Å². The highest BCUT2D eigenvalue weighted by molar-refractivity contribution is 5.66. The standard InChI is InChI=1S/C20H31NO5/c22-20(23)18-16-14-12-10-8-6-4-2-1-3-5-7-9-11-13-15-17-19-26-21(24)25/h1,3-4,6-7,9-10,12H,2,5,8,11,13-19H2,(H,22,23)/b3-1-,6-4-,9-7-,12-10-. The quantitative estimate of drug-likeness (QED) is 0.161. The Hall–Kier alpha value is -2.37. The van der Waals surface area contributed by atoms with Gasteiger partial charge in [-0.2, -0.15) is 0 Å². The summed E-state index contributed by atoms with van der Waals surface area (Å²) in [4.78, 5) is 24.5. The first kappa shape index (κ1) is 23.6. The molecule has 1 N–H and O–H groups in total.